The minimum atomic E-state index is -0.837. The summed E-state index contributed by atoms with van der Waals surface area (Å²) in [5.41, 5.74) is 2.55. The average molecular weight is 293 g/mol. The first-order valence-electron chi connectivity index (χ1n) is 7.23. The Kier molecular flexibility index (Phi) is 2.94. The van der Waals surface area contributed by atoms with Gasteiger partial charge in [0.2, 0.25) is 11.9 Å². The third-order valence-corrected chi connectivity index (χ3v) is 4.13. The maximum absolute atomic E-state index is 12.3. The van der Waals surface area contributed by atoms with Gasteiger partial charge in [0.05, 0.1) is 23.1 Å². The number of aliphatic hydroxyl groups is 1. The molecule has 5 heteroatoms. The molecule has 0 bridgehead atoms. The van der Waals surface area contributed by atoms with E-state index in [0.29, 0.717) is 12.5 Å². The predicted molar refractivity (Wildman–Crippen MR) is 83.3 cm³/mol. The van der Waals surface area contributed by atoms with Crippen LogP contribution in [0, 0.1) is 5.92 Å². The number of amides is 1. The van der Waals surface area contributed by atoms with Crippen LogP contribution in [-0.2, 0) is 11.3 Å². The molecule has 0 radical (unpaired) electrons. The zero-order valence-corrected chi connectivity index (χ0v) is 11.8. The number of fused-ring (bicyclic) bond motifs is 3. The van der Waals surface area contributed by atoms with Crippen LogP contribution in [0.15, 0.2) is 54.6 Å². The van der Waals surface area contributed by atoms with Gasteiger partial charge in [0.15, 0.2) is 0 Å². The summed E-state index contributed by atoms with van der Waals surface area (Å²) in [6.45, 7) is 0.414. The highest BCUT2D eigenvalue weighted by Crippen LogP contribution is 2.31. The van der Waals surface area contributed by atoms with Crippen LogP contribution in [0.2, 0.25) is 0 Å². The van der Waals surface area contributed by atoms with E-state index in [1.165, 1.54) is 0 Å². The van der Waals surface area contributed by atoms with Gasteiger partial charge in [-0.25, -0.2) is 4.98 Å². The van der Waals surface area contributed by atoms with E-state index in [2.05, 4.69) is 10.3 Å². The van der Waals surface area contributed by atoms with Crippen LogP contribution in [0.1, 0.15) is 11.7 Å². The van der Waals surface area contributed by atoms with Gasteiger partial charge < -0.3 is 9.67 Å². The van der Waals surface area contributed by atoms with E-state index in [-0.39, 0.29) is 5.91 Å². The number of imidazole rings is 1. The molecule has 0 fully saturated rings. The van der Waals surface area contributed by atoms with Crippen LogP contribution in [0.25, 0.3) is 11.0 Å². The number of anilines is 1. The van der Waals surface area contributed by atoms with Crippen LogP contribution in [0.4, 0.5) is 5.95 Å². The van der Waals surface area contributed by atoms with E-state index >= 15 is 0 Å². The summed E-state index contributed by atoms with van der Waals surface area (Å²) in [5.74, 6) is -0.186. The van der Waals surface area contributed by atoms with Crippen molar-refractivity contribution >= 4 is 22.9 Å². The van der Waals surface area contributed by atoms with Crippen molar-refractivity contribution in [2.75, 3.05) is 5.32 Å². The number of nitrogens with zero attached hydrogens (tertiary/aromatic N) is 2. The van der Waals surface area contributed by atoms with E-state index in [4.69, 9.17) is 0 Å². The zero-order valence-electron chi connectivity index (χ0n) is 11.8. The summed E-state index contributed by atoms with van der Waals surface area (Å²) in [7, 11) is 0. The first-order chi connectivity index (χ1) is 10.7. The minimum absolute atomic E-state index is 0.195. The lowest BCUT2D eigenvalue weighted by molar-refractivity contribution is -0.124. The molecule has 0 aliphatic carbocycles. The fourth-order valence-electron chi connectivity index (χ4n) is 2.96. The first-order valence-corrected chi connectivity index (χ1v) is 7.23. The maximum Gasteiger partial charge on any atom is 0.234 e. The Morgan fingerprint density at radius 2 is 1.86 bits per heavy atom. The fourth-order valence-corrected chi connectivity index (χ4v) is 2.96. The molecule has 2 unspecified atom stereocenters. The molecule has 1 aromatic heterocycles. The molecule has 0 spiro atoms. The molecular weight excluding hydrogens is 278 g/mol. The molecule has 3 aromatic rings. The molecular formula is C17H15N3O2. The van der Waals surface area contributed by atoms with Crippen molar-refractivity contribution in [1.82, 2.24) is 9.55 Å². The molecule has 1 aliphatic rings. The highest BCUT2D eigenvalue weighted by atomic mass is 16.3. The van der Waals surface area contributed by atoms with Gasteiger partial charge in [0.25, 0.3) is 0 Å². The second kappa shape index (κ2) is 4.96. The highest BCUT2D eigenvalue weighted by Gasteiger charge is 2.34. The van der Waals surface area contributed by atoms with Crippen LogP contribution in [0.5, 0.6) is 0 Å². The molecule has 2 aromatic carbocycles. The Balaban J connectivity index is 1.73. The standard InChI is InChI=1S/C17H15N3O2/c21-15(11-6-2-1-3-7-11)12-10-20-14-9-5-4-8-13(14)18-17(20)19-16(12)22/h1-9,12,15,21H,10H2,(H,18,19,22). The normalized spacial score (nSPS) is 18.8. The molecule has 22 heavy (non-hydrogen) atoms. The number of hydrogen-bond acceptors (Lipinski definition) is 3. The summed E-state index contributed by atoms with van der Waals surface area (Å²) < 4.78 is 1.95. The fraction of sp³-hybridized carbons (Fsp3) is 0.176. The number of aromatic nitrogens is 2. The number of carbonyl (C=O) groups is 1. The van der Waals surface area contributed by atoms with Gasteiger partial charge in [-0.15, -0.1) is 0 Å². The van der Waals surface area contributed by atoms with Gasteiger partial charge in [-0.05, 0) is 17.7 Å². The lowest BCUT2D eigenvalue weighted by atomic mass is 9.94. The lowest BCUT2D eigenvalue weighted by Gasteiger charge is -2.27. The Morgan fingerprint density at radius 1 is 1.14 bits per heavy atom. The summed E-state index contributed by atoms with van der Waals surface area (Å²) in [4.78, 5) is 16.7. The maximum atomic E-state index is 12.3. The van der Waals surface area contributed by atoms with Gasteiger partial charge in [0, 0.05) is 6.54 Å². The Hall–Kier alpha value is -2.66. The molecule has 2 heterocycles. The second-order valence-electron chi connectivity index (χ2n) is 5.49. The zero-order chi connectivity index (χ0) is 15.1. The molecule has 110 valence electrons. The number of para-hydroxylation sites is 2. The van der Waals surface area contributed by atoms with E-state index < -0.39 is 12.0 Å². The third-order valence-electron chi connectivity index (χ3n) is 4.13. The number of benzene rings is 2. The van der Waals surface area contributed by atoms with Gasteiger partial charge in [-0.2, -0.15) is 0 Å². The number of rotatable bonds is 2. The highest BCUT2D eigenvalue weighted by molar-refractivity contribution is 5.95. The summed E-state index contributed by atoms with van der Waals surface area (Å²) in [5, 5.41) is 13.4. The Labute approximate surface area is 127 Å². The number of hydrogen-bond donors (Lipinski definition) is 2. The second-order valence-corrected chi connectivity index (χ2v) is 5.49. The van der Waals surface area contributed by atoms with Crippen molar-refractivity contribution in [3.05, 3.63) is 60.2 Å². The largest absolute Gasteiger partial charge is 0.388 e. The summed E-state index contributed by atoms with van der Waals surface area (Å²) >= 11 is 0. The quantitative estimate of drug-likeness (QED) is 0.762. The van der Waals surface area contributed by atoms with Crippen LogP contribution < -0.4 is 5.32 Å². The number of carbonyl (C=O) groups excluding carboxylic acids is 1. The molecule has 1 amide bonds. The van der Waals surface area contributed by atoms with Crippen LogP contribution in [-0.4, -0.2) is 20.6 Å². The van der Waals surface area contributed by atoms with Crippen molar-refractivity contribution in [3.63, 3.8) is 0 Å². The molecule has 0 saturated heterocycles. The van der Waals surface area contributed by atoms with Gasteiger partial charge >= 0.3 is 0 Å². The van der Waals surface area contributed by atoms with Crippen molar-refractivity contribution in [2.45, 2.75) is 12.6 Å². The SMILES string of the molecule is O=C1Nc2nc3ccccc3n2CC1C(O)c1ccccc1. The predicted octanol–water partition coefficient (Wildman–Crippen LogP) is 2.34. The van der Waals surface area contributed by atoms with E-state index in [1.807, 2.05) is 59.2 Å². The Bertz CT molecular complexity index is 841. The molecule has 1 aliphatic heterocycles. The number of nitrogens with one attached hydrogen (secondary N) is 1. The van der Waals surface area contributed by atoms with Crippen molar-refractivity contribution in [1.29, 1.82) is 0 Å². The van der Waals surface area contributed by atoms with E-state index in [1.54, 1.807) is 0 Å². The average Bonchev–Trinajstić information content (AvgIpc) is 2.91. The number of aliphatic hydroxyl groups excluding tert-OH is 1. The molecule has 4 rings (SSSR count). The van der Waals surface area contributed by atoms with Crippen LogP contribution >= 0.6 is 0 Å². The van der Waals surface area contributed by atoms with Crippen molar-refractivity contribution in [2.24, 2.45) is 5.92 Å². The van der Waals surface area contributed by atoms with Crippen molar-refractivity contribution < 1.29 is 9.90 Å². The summed E-state index contributed by atoms with van der Waals surface area (Å²) in [6.07, 6.45) is -0.837. The summed E-state index contributed by atoms with van der Waals surface area (Å²) in [6, 6.07) is 17.0. The van der Waals surface area contributed by atoms with E-state index in [9.17, 15) is 9.90 Å². The Morgan fingerprint density at radius 3 is 2.68 bits per heavy atom. The molecule has 2 N–H and O–H groups in total. The van der Waals surface area contributed by atoms with Gasteiger partial charge in [-0.3, -0.25) is 10.1 Å². The lowest BCUT2D eigenvalue weighted by Crippen LogP contribution is -2.37. The molecule has 0 saturated carbocycles. The van der Waals surface area contributed by atoms with Crippen molar-refractivity contribution in [3.8, 4) is 0 Å². The van der Waals surface area contributed by atoms with E-state index in [0.717, 1.165) is 16.6 Å². The minimum Gasteiger partial charge on any atom is -0.388 e. The monoisotopic (exact) mass is 293 g/mol. The molecule has 5 nitrogen and oxygen atoms in total. The van der Waals surface area contributed by atoms with Crippen LogP contribution in [0.3, 0.4) is 0 Å². The van der Waals surface area contributed by atoms with Gasteiger partial charge in [0.1, 0.15) is 0 Å². The third kappa shape index (κ3) is 1.98. The topological polar surface area (TPSA) is 67.2 Å². The van der Waals surface area contributed by atoms with Gasteiger partial charge in [-0.1, -0.05) is 42.5 Å². The first kappa shape index (κ1) is 13.0. The smallest absolute Gasteiger partial charge is 0.234 e. The molecule has 2 atom stereocenters.